The number of nitrogens with zero attached hydrogens (tertiary/aromatic N) is 1. The summed E-state index contributed by atoms with van der Waals surface area (Å²) < 4.78 is 31.2. The van der Waals surface area contributed by atoms with Crippen molar-refractivity contribution in [2.24, 2.45) is 0 Å². The fraction of sp³-hybridized carbons (Fsp3) is 0.0909. The number of aromatic nitrogens is 2. The number of benzene rings is 1. The molecule has 0 aliphatic carbocycles. The van der Waals surface area contributed by atoms with Crippen molar-refractivity contribution in [3.8, 4) is 11.3 Å². The third-order valence-electron chi connectivity index (χ3n) is 1.81. The lowest BCUT2D eigenvalue weighted by Crippen LogP contribution is -2.07. The number of hydrogen-bond acceptors (Lipinski definition) is 3. The Morgan fingerprint density at radius 1 is 1.22 bits per heavy atom. The molecule has 2 rings (SSSR count). The normalized spacial score (nSPS) is 10.4. The Balaban J connectivity index is 0.000000232. The third kappa shape index (κ3) is 4.69. The van der Waals surface area contributed by atoms with E-state index in [4.69, 9.17) is 10.5 Å². The van der Waals surface area contributed by atoms with Crippen molar-refractivity contribution in [1.82, 2.24) is 9.97 Å². The summed E-state index contributed by atoms with van der Waals surface area (Å²) in [5.41, 5.74) is 7.50. The molecule has 0 unspecified atom stereocenters. The van der Waals surface area contributed by atoms with Gasteiger partial charge in [0, 0.05) is 0 Å². The average Bonchev–Trinajstić information content (AvgIpc) is 2.77. The van der Waals surface area contributed by atoms with Gasteiger partial charge in [0.2, 0.25) is 6.29 Å². The number of carbonyl (C=O) groups is 1. The van der Waals surface area contributed by atoms with Crippen molar-refractivity contribution < 1.29 is 18.0 Å². The lowest BCUT2D eigenvalue weighted by molar-refractivity contribution is -0.156. The molecule has 0 fully saturated rings. The molecule has 0 saturated heterocycles. The van der Waals surface area contributed by atoms with Crippen LogP contribution in [0.3, 0.4) is 0 Å². The predicted octanol–water partition coefficient (Wildman–Crippen LogP) is 2.41. The third-order valence-corrected chi connectivity index (χ3v) is 1.81. The number of nitrogens with one attached hydrogen (secondary N) is 1. The van der Waals surface area contributed by atoms with E-state index in [1.165, 1.54) is 0 Å². The minimum absolute atomic E-state index is 0.453. The summed E-state index contributed by atoms with van der Waals surface area (Å²) >= 11 is 0. The van der Waals surface area contributed by atoms with Gasteiger partial charge in [0.25, 0.3) is 0 Å². The van der Waals surface area contributed by atoms with Crippen LogP contribution in [0.25, 0.3) is 11.3 Å². The Morgan fingerprint density at radius 3 is 2.17 bits per heavy atom. The first-order chi connectivity index (χ1) is 8.42. The Bertz CT molecular complexity index is 494. The Kier molecular flexibility index (Phi) is 4.47. The van der Waals surface area contributed by atoms with E-state index in [9.17, 15) is 13.2 Å². The molecular weight excluding hydrogens is 247 g/mol. The van der Waals surface area contributed by atoms with Crippen molar-refractivity contribution >= 4 is 12.2 Å². The largest absolute Gasteiger partial charge is 0.446 e. The summed E-state index contributed by atoms with van der Waals surface area (Å²) in [5.74, 6) is 0.453. The number of H-pyrrole nitrogens is 1. The first-order valence-electron chi connectivity index (χ1n) is 4.81. The van der Waals surface area contributed by atoms with Crippen LogP contribution in [0.4, 0.5) is 19.1 Å². The van der Waals surface area contributed by atoms with Gasteiger partial charge in [-0.2, -0.15) is 13.2 Å². The second-order valence-electron chi connectivity index (χ2n) is 3.21. The number of alkyl halides is 3. The molecule has 0 aliphatic heterocycles. The van der Waals surface area contributed by atoms with Gasteiger partial charge in [-0.05, 0) is 5.56 Å². The van der Waals surface area contributed by atoms with Gasteiger partial charge in [0.15, 0.2) is 5.95 Å². The van der Waals surface area contributed by atoms with Gasteiger partial charge in [-0.3, -0.25) is 4.79 Å². The topological polar surface area (TPSA) is 71.8 Å². The number of rotatable bonds is 1. The molecule has 1 aromatic carbocycles. The van der Waals surface area contributed by atoms with Crippen LogP contribution in [0.5, 0.6) is 0 Å². The van der Waals surface area contributed by atoms with Crippen LogP contribution in [-0.4, -0.2) is 22.4 Å². The zero-order valence-corrected chi connectivity index (χ0v) is 9.11. The van der Waals surface area contributed by atoms with Gasteiger partial charge in [0.1, 0.15) is 0 Å². The number of hydrogen-bond donors (Lipinski definition) is 2. The standard InChI is InChI=1S/C9H9N3.C2HF3O/c10-9-11-6-8(12-9)7-4-2-1-3-5-7;3-2(4,5)1-6/h1-6H,(H3,10,11,12);1H. The number of imidazole rings is 1. The molecule has 0 amide bonds. The van der Waals surface area contributed by atoms with Gasteiger partial charge in [0.05, 0.1) is 11.9 Å². The molecule has 18 heavy (non-hydrogen) atoms. The van der Waals surface area contributed by atoms with Gasteiger partial charge in [-0.1, -0.05) is 30.3 Å². The molecule has 1 heterocycles. The first-order valence-corrected chi connectivity index (χ1v) is 4.81. The smallest absolute Gasteiger partial charge is 0.369 e. The number of aromatic amines is 1. The highest BCUT2D eigenvalue weighted by Crippen LogP contribution is 2.16. The minimum Gasteiger partial charge on any atom is -0.369 e. The van der Waals surface area contributed by atoms with Crippen LogP contribution in [-0.2, 0) is 4.79 Å². The Hall–Kier alpha value is -2.31. The lowest BCUT2D eigenvalue weighted by atomic mass is 10.2. The molecule has 0 radical (unpaired) electrons. The van der Waals surface area contributed by atoms with Crippen LogP contribution in [0.2, 0.25) is 0 Å². The number of nitrogen functional groups attached to an aromatic ring is 1. The maximum atomic E-state index is 10.4. The van der Waals surface area contributed by atoms with Gasteiger partial charge >= 0.3 is 6.18 Å². The molecular formula is C11H10F3N3O. The van der Waals surface area contributed by atoms with Gasteiger partial charge in [-0.25, -0.2) is 4.98 Å². The molecule has 2 aromatic rings. The maximum absolute atomic E-state index is 10.4. The monoisotopic (exact) mass is 257 g/mol. The van der Waals surface area contributed by atoms with E-state index in [-0.39, 0.29) is 0 Å². The van der Waals surface area contributed by atoms with E-state index in [0.29, 0.717) is 5.95 Å². The summed E-state index contributed by atoms with van der Waals surface area (Å²) in [7, 11) is 0. The minimum atomic E-state index is -4.64. The first kappa shape index (κ1) is 13.8. The summed E-state index contributed by atoms with van der Waals surface area (Å²) in [5, 5.41) is 0. The van der Waals surface area contributed by atoms with Crippen molar-refractivity contribution in [1.29, 1.82) is 0 Å². The fourth-order valence-corrected chi connectivity index (χ4v) is 1.10. The van der Waals surface area contributed by atoms with E-state index in [1.54, 1.807) is 6.20 Å². The van der Waals surface area contributed by atoms with E-state index in [0.717, 1.165) is 11.3 Å². The van der Waals surface area contributed by atoms with Crippen molar-refractivity contribution in [3.63, 3.8) is 0 Å². The van der Waals surface area contributed by atoms with E-state index < -0.39 is 12.5 Å². The van der Waals surface area contributed by atoms with Crippen LogP contribution in [0.15, 0.2) is 36.5 Å². The average molecular weight is 257 g/mol. The molecule has 0 atom stereocenters. The Labute approximate surface area is 101 Å². The number of halogens is 3. The highest BCUT2D eigenvalue weighted by Gasteiger charge is 2.24. The van der Waals surface area contributed by atoms with Crippen LogP contribution >= 0.6 is 0 Å². The van der Waals surface area contributed by atoms with Crippen LogP contribution in [0.1, 0.15) is 0 Å². The second-order valence-corrected chi connectivity index (χ2v) is 3.21. The molecule has 1 aromatic heterocycles. The summed E-state index contributed by atoms with van der Waals surface area (Å²) in [6, 6.07) is 9.95. The van der Waals surface area contributed by atoms with E-state index in [1.807, 2.05) is 30.3 Å². The molecule has 0 aliphatic rings. The van der Waals surface area contributed by atoms with Crippen molar-refractivity contribution in [3.05, 3.63) is 36.5 Å². The summed E-state index contributed by atoms with van der Waals surface area (Å²) in [4.78, 5) is 15.6. The molecule has 7 heteroatoms. The zero-order valence-electron chi connectivity index (χ0n) is 9.11. The lowest BCUT2D eigenvalue weighted by Gasteiger charge is -1.93. The molecule has 0 spiro atoms. The molecule has 96 valence electrons. The number of anilines is 1. The zero-order chi connectivity index (χ0) is 13.6. The van der Waals surface area contributed by atoms with E-state index in [2.05, 4.69) is 9.97 Å². The second kappa shape index (κ2) is 5.85. The molecule has 0 saturated carbocycles. The van der Waals surface area contributed by atoms with Gasteiger partial charge in [-0.15, -0.1) is 0 Å². The summed E-state index contributed by atoms with van der Waals surface area (Å²) in [6.45, 7) is 0. The van der Waals surface area contributed by atoms with Crippen molar-refractivity contribution in [2.45, 2.75) is 6.18 Å². The number of carbonyl (C=O) groups excluding carboxylic acids is 1. The SMILES string of the molecule is Nc1ncc(-c2ccccc2)[nH]1.O=CC(F)(F)F. The molecule has 0 bridgehead atoms. The number of aldehydes is 1. The quantitative estimate of drug-likeness (QED) is 0.770. The number of nitrogens with two attached hydrogens (primary N) is 1. The molecule has 4 nitrogen and oxygen atoms in total. The maximum Gasteiger partial charge on any atom is 0.446 e. The van der Waals surface area contributed by atoms with Crippen LogP contribution in [0, 0.1) is 0 Å². The highest BCUT2D eigenvalue weighted by molar-refractivity contribution is 5.59. The van der Waals surface area contributed by atoms with Gasteiger partial charge < -0.3 is 10.7 Å². The summed E-state index contributed by atoms with van der Waals surface area (Å²) in [6.07, 6.45) is -3.97. The fourth-order valence-electron chi connectivity index (χ4n) is 1.10. The predicted molar refractivity (Wildman–Crippen MR) is 60.6 cm³/mol. The van der Waals surface area contributed by atoms with E-state index >= 15 is 0 Å². The highest BCUT2D eigenvalue weighted by atomic mass is 19.4. The molecule has 3 N–H and O–H groups in total. The van der Waals surface area contributed by atoms with Crippen molar-refractivity contribution in [2.75, 3.05) is 5.73 Å². The Morgan fingerprint density at radius 2 is 1.78 bits per heavy atom. The van der Waals surface area contributed by atoms with Crippen LogP contribution < -0.4 is 5.73 Å².